The highest BCUT2D eigenvalue weighted by molar-refractivity contribution is 7.21. The second-order valence-electron chi connectivity index (χ2n) is 7.98. The Morgan fingerprint density at radius 1 is 1.09 bits per heavy atom. The Morgan fingerprint density at radius 3 is 2.35 bits per heavy atom. The van der Waals surface area contributed by atoms with Crippen molar-refractivity contribution in [1.82, 2.24) is 14.9 Å². The van der Waals surface area contributed by atoms with E-state index in [4.69, 9.17) is 38.1 Å². The van der Waals surface area contributed by atoms with E-state index < -0.39 is 12.1 Å². The summed E-state index contributed by atoms with van der Waals surface area (Å²) < 4.78 is 35.1. The number of aromatic nitrogens is 1. The molecule has 4 aliphatic rings. The fourth-order valence-corrected chi connectivity index (χ4v) is 5.71. The number of carboxylic acids is 1. The Balaban J connectivity index is 0.000000344. The van der Waals surface area contributed by atoms with Crippen molar-refractivity contribution in [2.45, 2.75) is 19.0 Å². The maximum absolute atomic E-state index is 10.5. The van der Waals surface area contributed by atoms with Crippen LogP contribution in [0.25, 0.3) is 20.8 Å². The van der Waals surface area contributed by atoms with E-state index in [9.17, 15) is 13.2 Å². The molecule has 3 heterocycles. The molecule has 1 N–H and O–H groups in total. The van der Waals surface area contributed by atoms with Crippen LogP contribution in [0.1, 0.15) is 12.8 Å². The molecule has 3 aliphatic heterocycles. The average molecular weight is 533 g/mol. The zero-order chi connectivity index (χ0) is 24.5. The molecule has 6 nitrogen and oxygen atoms in total. The molecule has 182 valence electrons. The summed E-state index contributed by atoms with van der Waals surface area (Å²) in [5, 5.41) is 14.8. The summed E-state index contributed by atoms with van der Waals surface area (Å²) in [6.45, 7) is 6.21. The predicted octanol–water partition coefficient (Wildman–Crippen LogP) is 2.98. The third-order valence-electron chi connectivity index (χ3n) is 5.65. The van der Waals surface area contributed by atoms with Crippen LogP contribution < -0.4 is 25.3 Å². The van der Waals surface area contributed by atoms with Crippen LogP contribution in [0.3, 0.4) is 0 Å². The van der Waals surface area contributed by atoms with Gasteiger partial charge in [-0.3, -0.25) is 0 Å². The lowest BCUT2D eigenvalue weighted by Gasteiger charge is -2.29. The number of rotatable bonds is 1. The number of hydrogen-bond donors (Lipinski definition) is 1. The van der Waals surface area contributed by atoms with Crippen LogP contribution in [0.5, 0.6) is 0 Å². The molecule has 0 unspecified atom stereocenters. The lowest BCUT2D eigenvalue weighted by Crippen LogP contribution is -2.43. The molecular formula is C22H21Cl2F3N4O2S. The van der Waals surface area contributed by atoms with E-state index >= 15 is 0 Å². The van der Waals surface area contributed by atoms with E-state index in [-0.39, 0.29) is 0 Å². The molecule has 0 aromatic heterocycles. The fourth-order valence-electron chi connectivity index (χ4n) is 3.99. The van der Waals surface area contributed by atoms with Crippen LogP contribution in [0.15, 0.2) is 24.3 Å². The highest BCUT2D eigenvalue weighted by atomic mass is 35.5. The normalized spacial score (nSPS) is 16.6. The quantitative estimate of drug-likeness (QED) is 0.385. The number of nitrogens with zero attached hydrogens (tertiary/aromatic N) is 3. The second-order valence-corrected chi connectivity index (χ2v) is 9.88. The van der Waals surface area contributed by atoms with E-state index in [0.29, 0.717) is 10.0 Å². The van der Waals surface area contributed by atoms with Crippen molar-refractivity contribution in [2.24, 2.45) is 0 Å². The first-order valence-electron chi connectivity index (χ1n) is 10.7. The van der Waals surface area contributed by atoms with E-state index in [1.165, 1.54) is 23.9 Å². The summed E-state index contributed by atoms with van der Waals surface area (Å²) in [4.78, 5) is 17.1. The number of piperazine rings is 1. The van der Waals surface area contributed by atoms with Crippen LogP contribution >= 0.6 is 34.5 Å². The first-order chi connectivity index (χ1) is 16.1. The van der Waals surface area contributed by atoms with Crippen molar-refractivity contribution in [2.75, 3.05) is 44.2 Å². The minimum atomic E-state index is -5.19. The standard InChI is InChI=1S/C20H21Cl2N4S.C2HF3O2/c21-15-9-13(25-5-1-2-6-25)11-17-19(15)24-20-16(22)10-14(12-18(20)27-17)26-7-3-23-4-8-26;3-2(4,5)1(6)7/h9-12,23H,1-8H2;(H,6,7)/q+1;/p-1. The molecule has 1 aromatic carbocycles. The first-order valence-corrected chi connectivity index (χ1v) is 12.3. The van der Waals surface area contributed by atoms with Crippen molar-refractivity contribution in [3.8, 4) is 10.6 Å². The molecule has 0 spiro atoms. The zero-order valence-corrected chi connectivity index (χ0v) is 20.3. The number of nitrogens with one attached hydrogen (secondary N) is 1. The highest BCUT2D eigenvalue weighted by Gasteiger charge is 2.28. The van der Waals surface area contributed by atoms with Crippen molar-refractivity contribution < 1.29 is 23.1 Å². The summed E-state index contributed by atoms with van der Waals surface area (Å²) in [6.07, 6.45) is -2.70. The van der Waals surface area contributed by atoms with E-state index in [1.807, 2.05) is 12.1 Å². The zero-order valence-electron chi connectivity index (χ0n) is 17.9. The molecule has 0 bridgehead atoms. The predicted molar refractivity (Wildman–Crippen MR) is 127 cm³/mol. The number of fused-ring (bicyclic) bond motifs is 2. The molecule has 0 amide bonds. The smallest absolute Gasteiger partial charge is 0.430 e. The van der Waals surface area contributed by atoms with Gasteiger partial charge in [0.25, 0.3) is 0 Å². The monoisotopic (exact) mass is 532 g/mol. The maximum atomic E-state index is 10.5. The van der Waals surface area contributed by atoms with Gasteiger partial charge in [0.1, 0.15) is 24.8 Å². The number of alkyl halides is 3. The molecular weight excluding hydrogens is 512 g/mol. The number of benzene rings is 2. The Bertz CT molecular complexity index is 1250. The molecule has 5 rings (SSSR count). The molecule has 34 heavy (non-hydrogen) atoms. The third-order valence-corrected chi connectivity index (χ3v) is 7.29. The van der Waals surface area contributed by atoms with Crippen molar-refractivity contribution in [3.63, 3.8) is 0 Å². The summed E-state index contributed by atoms with van der Waals surface area (Å²) in [6, 6.07) is 8.53. The third kappa shape index (κ3) is 5.56. The number of carbonyl (C=O) groups is 1. The Morgan fingerprint density at radius 2 is 1.74 bits per heavy atom. The van der Waals surface area contributed by atoms with Crippen molar-refractivity contribution in [3.05, 3.63) is 39.7 Å². The van der Waals surface area contributed by atoms with Gasteiger partial charge in [0, 0.05) is 56.8 Å². The van der Waals surface area contributed by atoms with Crippen molar-refractivity contribution in [1.29, 1.82) is 0 Å². The van der Waals surface area contributed by atoms with E-state index in [0.717, 1.165) is 60.1 Å². The number of carbonyl (C=O) groups excluding carboxylic acids is 1. The minimum Gasteiger partial charge on any atom is -0.542 e. The van der Waals surface area contributed by atoms with Gasteiger partial charge in [0.2, 0.25) is 5.36 Å². The molecule has 1 aliphatic carbocycles. The van der Waals surface area contributed by atoms with Gasteiger partial charge in [-0.15, -0.1) is 11.3 Å². The van der Waals surface area contributed by atoms with Crippen LogP contribution in [0.4, 0.5) is 18.9 Å². The van der Waals surface area contributed by atoms with Crippen LogP contribution in [0.2, 0.25) is 10.0 Å². The molecule has 0 atom stereocenters. The number of anilines is 1. The SMILES string of the molecule is Clc1cc(=[N+]2CCCC2)cc2sc3cc(N4CCNCC4)cc(Cl)c3nc1-2.O=C([O-])C(F)(F)F. The average Bonchev–Trinajstić information content (AvgIpc) is 3.33. The lowest BCUT2D eigenvalue weighted by molar-refractivity contribution is -0.344. The maximum Gasteiger partial charge on any atom is 0.430 e. The van der Waals surface area contributed by atoms with Crippen LogP contribution in [0, 0.1) is 0 Å². The summed E-state index contributed by atoms with van der Waals surface area (Å²) >= 11 is 15.0. The Labute approximate surface area is 207 Å². The van der Waals surface area contributed by atoms with Gasteiger partial charge >= 0.3 is 6.18 Å². The van der Waals surface area contributed by atoms with Gasteiger partial charge in [-0.25, -0.2) is 9.56 Å². The van der Waals surface area contributed by atoms with Gasteiger partial charge < -0.3 is 20.1 Å². The Kier molecular flexibility index (Phi) is 7.51. The topological polar surface area (TPSA) is 71.3 Å². The molecule has 2 saturated heterocycles. The number of hydrogen-bond acceptors (Lipinski definition) is 6. The summed E-state index contributed by atoms with van der Waals surface area (Å²) in [5.74, 6) is -3.01. The van der Waals surface area contributed by atoms with Gasteiger partial charge in [-0.1, -0.05) is 23.2 Å². The first kappa shape index (κ1) is 25.0. The minimum absolute atomic E-state index is 0.693. The number of carboxylic acid groups (broad SMARTS) is 1. The molecule has 0 radical (unpaired) electrons. The lowest BCUT2D eigenvalue weighted by atomic mass is 10.2. The van der Waals surface area contributed by atoms with Gasteiger partial charge in [-0.05, 0) is 12.1 Å². The molecule has 0 saturated carbocycles. The molecule has 2 fully saturated rings. The molecule has 1 aromatic rings. The number of halogens is 5. The van der Waals surface area contributed by atoms with Crippen molar-refractivity contribution >= 4 is 56.4 Å². The summed E-state index contributed by atoms with van der Waals surface area (Å²) in [5.41, 5.74) is 2.85. The highest BCUT2D eigenvalue weighted by Crippen LogP contribution is 2.38. The largest absolute Gasteiger partial charge is 0.542 e. The van der Waals surface area contributed by atoms with Crippen LogP contribution in [-0.2, 0) is 4.79 Å². The van der Waals surface area contributed by atoms with Gasteiger partial charge in [0.05, 0.1) is 25.1 Å². The van der Waals surface area contributed by atoms with Gasteiger partial charge in [-0.2, -0.15) is 13.2 Å². The van der Waals surface area contributed by atoms with E-state index in [2.05, 4.69) is 26.9 Å². The fraction of sp³-hybridized carbons (Fsp3) is 0.409. The van der Waals surface area contributed by atoms with Crippen LogP contribution in [-0.4, -0.2) is 56.4 Å². The summed E-state index contributed by atoms with van der Waals surface area (Å²) in [7, 11) is 0. The second kappa shape index (κ2) is 10.2. The number of aliphatic carboxylic acids is 1. The Hall–Kier alpha value is -2.14. The van der Waals surface area contributed by atoms with Gasteiger partial charge in [0.15, 0.2) is 0 Å². The molecule has 12 heteroatoms. The van der Waals surface area contributed by atoms with E-state index in [1.54, 1.807) is 11.3 Å².